The molecule has 0 aliphatic rings. The van der Waals surface area contributed by atoms with Gasteiger partial charge < -0.3 is 0 Å². The Hall–Kier alpha value is -1.55. The second-order valence-electron chi connectivity index (χ2n) is 3.55. The Bertz CT molecular complexity index is 709. The fourth-order valence-electron chi connectivity index (χ4n) is 1.35. The van der Waals surface area contributed by atoms with E-state index in [9.17, 15) is 17.2 Å². The maximum absolute atomic E-state index is 13.6. The normalized spacial score (nSPS) is 11.6. The first-order chi connectivity index (χ1) is 8.79. The SMILES string of the molecule is Cc1nc(NS(=O)(=O)c2c(F)cc(F)cc2Br)n[nH]1. The summed E-state index contributed by atoms with van der Waals surface area (Å²) in [5.41, 5.74) is 0. The molecule has 1 aromatic heterocycles. The Morgan fingerprint density at radius 3 is 2.58 bits per heavy atom. The number of nitrogens with one attached hydrogen (secondary N) is 2. The van der Waals surface area contributed by atoms with Crippen molar-refractivity contribution in [2.45, 2.75) is 11.8 Å². The van der Waals surface area contributed by atoms with Crippen LogP contribution in [0.1, 0.15) is 5.82 Å². The number of aromatic amines is 1. The first kappa shape index (κ1) is 13.9. The zero-order chi connectivity index (χ0) is 14.2. The van der Waals surface area contributed by atoms with Gasteiger partial charge >= 0.3 is 0 Å². The van der Waals surface area contributed by atoms with Crippen molar-refractivity contribution in [1.82, 2.24) is 15.2 Å². The molecule has 2 aromatic rings. The largest absolute Gasteiger partial charge is 0.268 e. The molecule has 0 spiro atoms. The predicted molar refractivity (Wildman–Crippen MR) is 66.0 cm³/mol. The standard InChI is InChI=1S/C9H7BrF2N4O2S/c1-4-13-9(15-14-4)16-19(17,18)8-6(10)2-5(11)3-7(8)12/h2-3H,1H3,(H2,13,14,15,16). The van der Waals surface area contributed by atoms with Crippen LogP contribution in [0.15, 0.2) is 21.5 Å². The van der Waals surface area contributed by atoms with Crippen LogP contribution in [-0.4, -0.2) is 23.6 Å². The molecule has 0 saturated heterocycles. The van der Waals surface area contributed by atoms with Crippen LogP contribution in [0.25, 0.3) is 0 Å². The molecule has 6 nitrogen and oxygen atoms in total. The minimum atomic E-state index is -4.26. The maximum atomic E-state index is 13.6. The quantitative estimate of drug-likeness (QED) is 0.883. The van der Waals surface area contributed by atoms with Crippen molar-refractivity contribution in [3.05, 3.63) is 34.1 Å². The molecule has 102 valence electrons. The van der Waals surface area contributed by atoms with Crippen molar-refractivity contribution in [3.8, 4) is 0 Å². The van der Waals surface area contributed by atoms with E-state index < -0.39 is 26.6 Å². The lowest BCUT2D eigenvalue weighted by Gasteiger charge is -2.08. The number of benzene rings is 1. The molecule has 0 aliphatic heterocycles. The number of nitrogens with zero attached hydrogens (tertiary/aromatic N) is 2. The summed E-state index contributed by atoms with van der Waals surface area (Å²) in [5.74, 6) is -1.95. The summed E-state index contributed by atoms with van der Waals surface area (Å²) in [4.78, 5) is 3.02. The van der Waals surface area contributed by atoms with Gasteiger partial charge in [-0.05, 0) is 28.9 Å². The van der Waals surface area contributed by atoms with Gasteiger partial charge in [0, 0.05) is 10.5 Å². The lowest BCUT2D eigenvalue weighted by molar-refractivity contribution is 0.548. The molecule has 19 heavy (non-hydrogen) atoms. The van der Waals surface area contributed by atoms with E-state index in [4.69, 9.17) is 0 Å². The second kappa shape index (κ2) is 4.85. The maximum Gasteiger partial charge on any atom is 0.268 e. The van der Waals surface area contributed by atoms with Gasteiger partial charge in [0.25, 0.3) is 16.0 Å². The van der Waals surface area contributed by atoms with E-state index >= 15 is 0 Å². The van der Waals surface area contributed by atoms with E-state index in [-0.39, 0.29) is 10.4 Å². The molecule has 0 amide bonds. The molecule has 1 aromatic carbocycles. The van der Waals surface area contributed by atoms with E-state index in [0.717, 1.165) is 6.07 Å². The van der Waals surface area contributed by atoms with Crippen LogP contribution in [0.2, 0.25) is 0 Å². The molecule has 10 heteroatoms. The third-order valence-corrected chi connectivity index (χ3v) is 4.35. The fourth-order valence-corrected chi connectivity index (χ4v) is 3.46. The van der Waals surface area contributed by atoms with Crippen LogP contribution >= 0.6 is 15.9 Å². The van der Waals surface area contributed by atoms with Gasteiger partial charge in [-0.2, -0.15) is 4.98 Å². The second-order valence-corrected chi connectivity index (χ2v) is 6.02. The molecule has 0 aliphatic carbocycles. The van der Waals surface area contributed by atoms with Gasteiger partial charge in [-0.15, -0.1) is 5.10 Å². The number of rotatable bonds is 3. The molecule has 0 fully saturated rings. The van der Waals surface area contributed by atoms with Crippen molar-refractivity contribution in [1.29, 1.82) is 0 Å². The van der Waals surface area contributed by atoms with Crippen molar-refractivity contribution < 1.29 is 17.2 Å². The summed E-state index contributed by atoms with van der Waals surface area (Å²) in [6.07, 6.45) is 0. The third-order valence-electron chi connectivity index (χ3n) is 2.05. The average Bonchev–Trinajstić information content (AvgIpc) is 2.60. The summed E-state index contributed by atoms with van der Waals surface area (Å²) in [6.45, 7) is 1.57. The zero-order valence-corrected chi connectivity index (χ0v) is 11.8. The van der Waals surface area contributed by atoms with Crippen molar-refractivity contribution in [2.24, 2.45) is 0 Å². The average molecular weight is 353 g/mol. The minimum absolute atomic E-state index is 0.229. The topological polar surface area (TPSA) is 87.7 Å². The molecule has 0 saturated carbocycles. The molecular weight excluding hydrogens is 346 g/mol. The van der Waals surface area contributed by atoms with E-state index in [1.807, 2.05) is 4.72 Å². The van der Waals surface area contributed by atoms with Gasteiger partial charge in [-0.1, -0.05) is 0 Å². The summed E-state index contributed by atoms with van der Waals surface area (Å²) >= 11 is 2.80. The van der Waals surface area contributed by atoms with Gasteiger partial charge in [0.2, 0.25) is 0 Å². The highest BCUT2D eigenvalue weighted by Gasteiger charge is 2.25. The van der Waals surface area contributed by atoms with Crippen LogP contribution in [0.4, 0.5) is 14.7 Å². The van der Waals surface area contributed by atoms with Gasteiger partial charge in [-0.3, -0.25) is 5.10 Å². The Kier molecular flexibility index (Phi) is 3.54. The highest BCUT2D eigenvalue weighted by Crippen LogP contribution is 2.27. The van der Waals surface area contributed by atoms with Gasteiger partial charge in [0.1, 0.15) is 22.4 Å². The van der Waals surface area contributed by atoms with Crippen molar-refractivity contribution >= 4 is 31.9 Å². The van der Waals surface area contributed by atoms with Crippen LogP contribution in [-0.2, 0) is 10.0 Å². The minimum Gasteiger partial charge on any atom is -0.261 e. The molecule has 0 unspecified atom stereocenters. The first-order valence-corrected chi connectivity index (χ1v) is 7.13. The van der Waals surface area contributed by atoms with E-state index in [0.29, 0.717) is 11.9 Å². The van der Waals surface area contributed by atoms with Crippen molar-refractivity contribution in [2.75, 3.05) is 4.72 Å². The molecule has 2 N–H and O–H groups in total. The van der Waals surface area contributed by atoms with Crippen LogP contribution in [0.5, 0.6) is 0 Å². The van der Waals surface area contributed by atoms with Crippen LogP contribution in [0, 0.1) is 18.6 Å². The number of sulfonamides is 1. The number of hydrogen-bond donors (Lipinski definition) is 2. The lowest BCUT2D eigenvalue weighted by Crippen LogP contribution is -2.16. The van der Waals surface area contributed by atoms with Gasteiger partial charge in [0.15, 0.2) is 0 Å². The van der Waals surface area contributed by atoms with Gasteiger partial charge in [0.05, 0.1) is 0 Å². The Balaban J connectivity index is 2.45. The first-order valence-electron chi connectivity index (χ1n) is 4.86. The summed E-state index contributed by atoms with van der Waals surface area (Å²) in [6, 6.07) is 1.32. The summed E-state index contributed by atoms with van der Waals surface area (Å²) in [5, 5.41) is 5.99. The van der Waals surface area contributed by atoms with Gasteiger partial charge in [-0.25, -0.2) is 21.9 Å². The number of hydrogen-bond acceptors (Lipinski definition) is 4. The number of H-pyrrole nitrogens is 1. The molecular formula is C9H7BrF2N4O2S. The Morgan fingerprint density at radius 2 is 2.05 bits per heavy atom. The number of aromatic nitrogens is 3. The number of anilines is 1. The van der Waals surface area contributed by atoms with E-state index in [2.05, 4.69) is 31.1 Å². The highest BCUT2D eigenvalue weighted by molar-refractivity contribution is 9.10. The van der Waals surface area contributed by atoms with Crippen molar-refractivity contribution in [3.63, 3.8) is 0 Å². The highest BCUT2D eigenvalue weighted by atomic mass is 79.9. The third kappa shape index (κ3) is 2.89. The predicted octanol–water partition coefficient (Wildman–Crippen LogP) is 1.95. The fraction of sp³-hybridized carbons (Fsp3) is 0.111. The Morgan fingerprint density at radius 1 is 1.37 bits per heavy atom. The molecule has 1 heterocycles. The molecule has 0 atom stereocenters. The summed E-state index contributed by atoms with van der Waals surface area (Å²) < 4.78 is 52.2. The van der Waals surface area contributed by atoms with E-state index in [1.165, 1.54) is 0 Å². The van der Waals surface area contributed by atoms with Crippen LogP contribution < -0.4 is 4.72 Å². The molecule has 0 radical (unpaired) electrons. The number of halogens is 3. The number of aryl methyl sites for hydroxylation is 1. The Labute approximate surface area is 115 Å². The monoisotopic (exact) mass is 352 g/mol. The van der Waals surface area contributed by atoms with E-state index in [1.54, 1.807) is 6.92 Å². The lowest BCUT2D eigenvalue weighted by atomic mass is 10.3. The van der Waals surface area contributed by atoms with Crippen LogP contribution in [0.3, 0.4) is 0 Å². The molecule has 0 bridgehead atoms. The smallest absolute Gasteiger partial charge is 0.261 e. The summed E-state index contributed by atoms with van der Waals surface area (Å²) in [7, 11) is -4.26. The molecule has 2 rings (SSSR count). The zero-order valence-electron chi connectivity index (χ0n) is 9.41.